The number of nitrogens with zero attached hydrogens (tertiary/aromatic N) is 2. The molecule has 0 aromatic carbocycles. The summed E-state index contributed by atoms with van der Waals surface area (Å²) < 4.78 is 0. The zero-order valence-electron chi connectivity index (χ0n) is 11.7. The van der Waals surface area contributed by atoms with Crippen molar-refractivity contribution in [3.63, 3.8) is 0 Å². The van der Waals surface area contributed by atoms with Gasteiger partial charge in [-0.2, -0.15) is 0 Å². The average Bonchev–Trinajstić information content (AvgIpc) is 2.54. The molecule has 0 bridgehead atoms. The molecule has 4 heteroatoms. The van der Waals surface area contributed by atoms with Crippen LogP contribution in [0.4, 0.5) is 0 Å². The Kier molecular flexibility index (Phi) is 4.28. The van der Waals surface area contributed by atoms with E-state index < -0.39 is 5.60 Å². The standard InChI is InChI=1S/C14H26N2O2/c1-12(2)14(18)10-15(11-14)9-13(17)16-7-5-3-4-6-8-16/h12,18H,3-11H2,1-2H3. The maximum absolute atomic E-state index is 12.1. The molecule has 2 saturated heterocycles. The smallest absolute Gasteiger partial charge is 0.236 e. The van der Waals surface area contributed by atoms with Crippen molar-refractivity contribution < 1.29 is 9.90 Å². The highest BCUT2D eigenvalue weighted by Gasteiger charge is 2.44. The van der Waals surface area contributed by atoms with Gasteiger partial charge >= 0.3 is 0 Å². The normalized spacial score (nSPS) is 24.8. The SMILES string of the molecule is CC(C)C1(O)CN(CC(=O)N2CCCCCC2)C1. The zero-order chi connectivity index (χ0) is 13.2. The molecule has 2 fully saturated rings. The van der Waals surface area contributed by atoms with Crippen LogP contribution in [0, 0.1) is 5.92 Å². The molecular weight excluding hydrogens is 228 g/mol. The van der Waals surface area contributed by atoms with Gasteiger partial charge in [0.25, 0.3) is 0 Å². The predicted octanol–water partition coefficient (Wildman–Crippen LogP) is 1.09. The van der Waals surface area contributed by atoms with Crippen molar-refractivity contribution in [3.8, 4) is 0 Å². The van der Waals surface area contributed by atoms with E-state index in [0.717, 1.165) is 25.9 Å². The first kappa shape index (κ1) is 13.8. The number of carbonyl (C=O) groups excluding carboxylic acids is 1. The maximum atomic E-state index is 12.1. The monoisotopic (exact) mass is 254 g/mol. The lowest BCUT2D eigenvalue weighted by Gasteiger charge is -2.49. The molecule has 2 rings (SSSR count). The van der Waals surface area contributed by atoms with Gasteiger partial charge in [0.1, 0.15) is 0 Å². The topological polar surface area (TPSA) is 43.8 Å². The molecule has 4 nitrogen and oxygen atoms in total. The Labute approximate surface area is 110 Å². The van der Waals surface area contributed by atoms with Crippen LogP contribution in [0.5, 0.6) is 0 Å². The molecule has 0 aromatic heterocycles. The van der Waals surface area contributed by atoms with Gasteiger partial charge in [-0.1, -0.05) is 26.7 Å². The molecule has 104 valence electrons. The molecule has 2 aliphatic heterocycles. The van der Waals surface area contributed by atoms with Crippen LogP contribution in [0.25, 0.3) is 0 Å². The summed E-state index contributed by atoms with van der Waals surface area (Å²) in [5, 5.41) is 10.2. The molecule has 0 radical (unpaired) electrons. The van der Waals surface area contributed by atoms with Crippen molar-refractivity contribution in [2.24, 2.45) is 5.92 Å². The van der Waals surface area contributed by atoms with Crippen LogP contribution >= 0.6 is 0 Å². The summed E-state index contributed by atoms with van der Waals surface area (Å²) in [6.07, 6.45) is 4.78. The third-order valence-corrected chi connectivity index (χ3v) is 4.39. The van der Waals surface area contributed by atoms with Gasteiger partial charge in [-0.05, 0) is 18.8 Å². The minimum atomic E-state index is -0.570. The third kappa shape index (κ3) is 3.04. The molecule has 0 spiro atoms. The van der Waals surface area contributed by atoms with E-state index in [4.69, 9.17) is 0 Å². The predicted molar refractivity (Wildman–Crippen MR) is 71.3 cm³/mol. The lowest BCUT2D eigenvalue weighted by Crippen LogP contribution is -2.65. The van der Waals surface area contributed by atoms with Gasteiger partial charge in [-0.25, -0.2) is 0 Å². The van der Waals surface area contributed by atoms with Crippen molar-refractivity contribution in [2.75, 3.05) is 32.7 Å². The lowest BCUT2D eigenvalue weighted by molar-refractivity contribution is -0.149. The molecule has 0 aromatic rings. The van der Waals surface area contributed by atoms with Crippen molar-refractivity contribution in [3.05, 3.63) is 0 Å². The summed E-state index contributed by atoms with van der Waals surface area (Å²) in [6.45, 7) is 7.67. The number of hydrogen-bond donors (Lipinski definition) is 1. The van der Waals surface area contributed by atoms with Gasteiger partial charge in [0, 0.05) is 26.2 Å². The van der Waals surface area contributed by atoms with Gasteiger partial charge in [-0.15, -0.1) is 0 Å². The van der Waals surface area contributed by atoms with Crippen molar-refractivity contribution in [1.82, 2.24) is 9.80 Å². The first-order valence-corrected chi connectivity index (χ1v) is 7.24. The third-order valence-electron chi connectivity index (χ3n) is 4.39. The van der Waals surface area contributed by atoms with E-state index in [9.17, 15) is 9.90 Å². The van der Waals surface area contributed by atoms with Crippen molar-refractivity contribution >= 4 is 5.91 Å². The van der Waals surface area contributed by atoms with Gasteiger partial charge in [0.05, 0.1) is 12.1 Å². The van der Waals surface area contributed by atoms with Crippen molar-refractivity contribution in [1.29, 1.82) is 0 Å². The highest BCUT2D eigenvalue weighted by Crippen LogP contribution is 2.28. The zero-order valence-corrected chi connectivity index (χ0v) is 11.7. The number of hydrogen-bond acceptors (Lipinski definition) is 3. The number of amides is 1. The van der Waals surface area contributed by atoms with Gasteiger partial charge < -0.3 is 10.0 Å². The first-order valence-electron chi connectivity index (χ1n) is 7.24. The number of likely N-dealkylation sites (tertiary alicyclic amines) is 2. The number of rotatable bonds is 3. The van der Waals surface area contributed by atoms with Crippen LogP contribution in [-0.4, -0.2) is 59.1 Å². The molecule has 1 N–H and O–H groups in total. The Morgan fingerprint density at radius 2 is 1.72 bits per heavy atom. The quantitative estimate of drug-likeness (QED) is 0.820. The summed E-state index contributed by atoms with van der Waals surface area (Å²) in [5.41, 5.74) is -0.570. The molecule has 0 saturated carbocycles. The summed E-state index contributed by atoms with van der Waals surface area (Å²) in [7, 11) is 0. The van der Waals surface area contributed by atoms with Crippen LogP contribution < -0.4 is 0 Å². The Hall–Kier alpha value is -0.610. The number of aliphatic hydroxyl groups is 1. The van der Waals surface area contributed by atoms with E-state index >= 15 is 0 Å². The molecular formula is C14H26N2O2. The highest BCUT2D eigenvalue weighted by molar-refractivity contribution is 5.78. The second kappa shape index (κ2) is 5.57. The van der Waals surface area contributed by atoms with Crippen LogP contribution in [0.15, 0.2) is 0 Å². The largest absolute Gasteiger partial charge is 0.387 e. The second-order valence-corrected chi connectivity index (χ2v) is 6.20. The molecule has 1 amide bonds. The summed E-state index contributed by atoms with van der Waals surface area (Å²) >= 11 is 0. The summed E-state index contributed by atoms with van der Waals surface area (Å²) in [5.74, 6) is 0.504. The van der Waals surface area contributed by atoms with E-state index in [-0.39, 0.29) is 11.8 Å². The lowest BCUT2D eigenvalue weighted by atomic mass is 9.83. The second-order valence-electron chi connectivity index (χ2n) is 6.20. The number of carbonyl (C=O) groups is 1. The fraction of sp³-hybridized carbons (Fsp3) is 0.929. The Morgan fingerprint density at radius 1 is 1.17 bits per heavy atom. The molecule has 0 atom stereocenters. The van der Waals surface area contributed by atoms with Crippen LogP contribution in [-0.2, 0) is 4.79 Å². The van der Waals surface area contributed by atoms with E-state index in [1.165, 1.54) is 12.8 Å². The fourth-order valence-corrected chi connectivity index (χ4v) is 2.82. The van der Waals surface area contributed by atoms with Crippen molar-refractivity contribution in [2.45, 2.75) is 45.1 Å². The average molecular weight is 254 g/mol. The highest BCUT2D eigenvalue weighted by atomic mass is 16.3. The first-order chi connectivity index (χ1) is 8.51. The summed E-state index contributed by atoms with van der Waals surface area (Å²) in [6, 6.07) is 0. The van der Waals surface area contributed by atoms with Crippen LogP contribution in [0.3, 0.4) is 0 Å². The minimum Gasteiger partial charge on any atom is -0.387 e. The molecule has 2 aliphatic rings. The van der Waals surface area contributed by atoms with Crippen LogP contribution in [0.2, 0.25) is 0 Å². The Morgan fingerprint density at radius 3 is 2.22 bits per heavy atom. The molecule has 2 heterocycles. The number of β-amino-alcohol motifs (C(OH)–C–C–N with tert-alkyl or cyclic N) is 1. The van der Waals surface area contributed by atoms with Crippen LogP contribution in [0.1, 0.15) is 39.5 Å². The van der Waals surface area contributed by atoms with Gasteiger partial charge in [0.2, 0.25) is 5.91 Å². The Balaban J connectivity index is 1.75. The van der Waals surface area contributed by atoms with E-state index in [0.29, 0.717) is 19.6 Å². The van der Waals surface area contributed by atoms with E-state index in [2.05, 4.69) is 4.90 Å². The maximum Gasteiger partial charge on any atom is 0.236 e. The molecule has 18 heavy (non-hydrogen) atoms. The van der Waals surface area contributed by atoms with E-state index in [1.54, 1.807) is 0 Å². The van der Waals surface area contributed by atoms with E-state index in [1.807, 2.05) is 18.7 Å². The van der Waals surface area contributed by atoms with Gasteiger partial charge in [0.15, 0.2) is 0 Å². The molecule has 0 unspecified atom stereocenters. The summed E-state index contributed by atoms with van der Waals surface area (Å²) in [4.78, 5) is 16.2. The Bertz CT molecular complexity index is 290. The minimum absolute atomic E-state index is 0.239. The van der Waals surface area contributed by atoms with Gasteiger partial charge in [-0.3, -0.25) is 9.69 Å². The fourth-order valence-electron chi connectivity index (χ4n) is 2.82. The molecule has 0 aliphatic carbocycles.